The third-order valence-electron chi connectivity index (χ3n) is 8.14. The molecule has 1 aromatic rings. The second-order valence-corrected chi connectivity index (χ2v) is 15.0. The zero-order valence-electron chi connectivity index (χ0n) is 29.0. The van der Waals surface area contributed by atoms with E-state index in [0.29, 0.717) is 30.5 Å². The molecule has 2 unspecified atom stereocenters. The number of likely N-dealkylation sites (N-methyl/N-ethyl adjacent to an activating group) is 1. The van der Waals surface area contributed by atoms with Gasteiger partial charge in [-0.15, -0.1) is 0 Å². The molecule has 8 heteroatoms. The lowest BCUT2D eigenvalue weighted by Crippen LogP contribution is -2.37. The molecule has 1 N–H and O–H groups in total. The zero-order chi connectivity index (χ0) is 32.5. The predicted octanol–water partition coefficient (Wildman–Crippen LogP) is 9.69. The number of phosphoric ester groups is 1. The molecule has 0 aliphatic rings. The summed E-state index contributed by atoms with van der Waals surface area (Å²) < 4.78 is 29.8. The lowest BCUT2D eigenvalue weighted by Gasteiger charge is -2.24. The Morgan fingerprint density at radius 1 is 0.773 bits per heavy atom. The van der Waals surface area contributed by atoms with Crippen LogP contribution in [-0.2, 0) is 24.8 Å². The summed E-state index contributed by atoms with van der Waals surface area (Å²) in [6.07, 6.45) is 22.7. The van der Waals surface area contributed by atoms with Crippen LogP contribution in [0.5, 0.6) is 5.75 Å². The van der Waals surface area contributed by atoms with E-state index in [0.717, 1.165) is 17.7 Å². The summed E-state index contributed by atoms with van der Waals surface area (Å²) in [6, 6.07) is 7.88. The first-order chi connectivity index (χ1) is 21.1. The molecule has 0 fully saturated rings. The zero-order valence-corrected chi connectivity index (χ0v) is 29.9. The fraction of sp³-hybridized carbons (Fsp3) is 0.806. The molecule has 1 aromatic carbocycles. The first-order valence-corrected chi connectivity index (χ1v) is 19.2. The van der Waals surface area contributed by atoms with Crippen molar-refractivity contribution in [3.63, 3.8) is 0 Å². The number of benzene rings is 1. The number of nitrogens with zero attached hydrogens (tertiary/aromatic N) is 1. The Morgan fingerprint density at radius 3 is 1.82 bits per heavy atom. The normalized spacial score (nSPS) is 14.0. The van der Waals surface area contributed by atoms with Gasteiger partial charge in [0.25, 0.3) is 0 Å². The summed E-state index contributed by atoms with van der Waals surface area (Å²) >= 11 is 0. The summed E-state index contributed by atoms with van der Waals surface area (Å²) in [6.45, 7) is 5.44. The van der Waals surface area contributed by atoms with Gasteiger partial charge in [-0.2, -0.15) is 0 Å². The van der Waals surface area contributed by atoms with Crippen LogP contribution in [0.2, 0.25) is 0 Å². The Labute approximate surface area is 270 Å². The minimum atomic E-state index is -4.20. The standard InChI is InChI=1S/C36H66NO6P/c1-6-8-9-10-11-12-13-14-15-16-17-18-19-20-21-24-28-41-36-26-23-22-25-34(36)30-33(31-35(38)7-2)32-43-44(39,40)42-29-27-37(3,4)5/h22-23,25-26,33H,6-21,24,27-32H2,1-5H3/p+1. The quantitative estimate of drug-likeness (QED) is 0.0512. The van der Waals surface area contributed by atoms with E-state index in [1.165, 1.54) is 96.3 Å². The second-order valence-electron chi connectivity index (χ2n) is 13.5. The maximum atomic E-state index is 12.5. The van der Waals surface area contributed by atoms with E-state index in [-0.39, 0.29) is 31.3 Å². The van der Waals surface area contributed by atoms with Crippen LogP contribution in [0.1, 0.15) is 135 Å². The Bertz CT molecular complexity index is 903. The molecule has 0 aliphatic heterocycles. The molecule has 0 aromatic heterocycles. The molecule has 0 saturated heterocycles. The van der Waals surface area contributed by atoms with Gasteiger partial charge in [0.1, 0.15) is 24.7 Å². The number of ether oxygens (including phenoxy) is 1. The van der Waals surface area contributed by atoms with Crippen LogP contribution in [0.25, 0.3) is 0 Å². The van der Waals surface area contributed by atoms with Gasteiger partial charge in [0.05, 0.1) is 34.4 Å². The lowest BCUT2D eigenvalue weighted by molar-refractivity contribution is -0.870. The van der Waals surface area contributed by atoms with Crippen LogP contribution >= 0.6 is 7.82 Å². The van der Waals surface area contributed by atoms with Crippen LogP contribution in [0.3, 0.4) is 0 Å². The van der Waals surface area contributed by atoms with Gasteiger partial charge < -0.3 is 14.1 Å². The van der Waals surface area contributed by atoms with Gasteiger partial charge in [-0.3, -0.25) is 13.8 Å². The number of unbranched alkanes of at least 4 members (excludes halogenated alkanes) is 15. The van der Waals surface area contributed by atoms with E-state index in [4.69, 9.17) is 13.8 Å². The fourth-order valence-electron chi connectivity index (χ4n) is 5.28. The smallest absolute Gasteiger partial charge is 0.472 e. The number of phosphoric acid groups is 1. The Hall–Kier alpha value is -1.24. The number of carbonyl (C=O) groups excluding carboxylic acids is 1. The van der Waals surface area contributed by atoms with Crippen molar-refractivity contribution in [2.45, 2.75) is 136 Å². The molecule has 0 bridgehead atoms. The Kier molecular flexibility index (Phi) is 23.1. The lowest BCUT2D eigenvalue weighted by atomic mass is 9.94. The minimum Gasteiger partial charge on any atom is -0.493 e. The van der Waals surface area contributed by atoms with E-state index in [9.17, 15) is 14.3 Å². The number of ketones is 1. The van der Waals surface area contributed by atoms with Crippen molar-refractivity contribution >= 4 is 13.6 Å². The molecular formula is C36H67NO6P+. The Balaban J connectivity index is 2.32. The number of carbonyl (C=O) groups is 1. The van der Waals surface area contributed by atoms with Crippen LogP contribution < -0.4 is 4.74 Å². The molecule has 1 rings (SSSR count). The van der Waals surface area contributed by atoms with E-state index in [1.807, 2.05) is 52.3 Å². The summed E-state index contributed by atoms with van der Waals surface area (Å²) in [5.41, 5.74) is 0.986. The number of hydrogen-bond donors (Lipinski definition) is 1. The summed E-state index contributed by atoms with van der Waals surface area (Å²) in [5.74, 6) is 0.669. The topological polar surface area (TPSA) is 82.1 Å². The molecule has 44 heavy (non-hydrogen) atoms. The van der Waals surface area contributed by atoms with Crippen LogP contribution in [-0.4, -0.2) is 62.7 Å². The number of quaternary nitrogens is 1. The van der Waals surface area contributed by atoms with E-state index in [2.05, 4.69) is 6.92 Å². The van der Waals surface area contributed by atoms with Crippen LogP contribution in [0, 0.1) is 5.92 Å². The van der Waals surface area contributed by atoms with Gasteiger partial charge in [0.2, 0.25) is 0 Å². The monoisotopic (exact) mass is 640 g/mol. The number of Topliss-reactive ketones (excluding diaryl/α,β-unsaturated/α-hetero) is 1. The van der Waals surface area contributed by atoms with Crippen molar-refractivity contribution < 1.29 is 32.5 Å². The second kappa shape index (κ2) is 24.9. The van der Waals surface area contributed by atoms with Gasteiger partial charge in [0.15, 0.2) is 0 Å². The van der Waals surface area contributed by atoms with Crippen molar-refractivity contribution in [3.05, 3.63) is 29.8 Å². The molecular weight excluding hydrogens is 573 g/mol. The summed E-state index contributed by atoms with van der Waals surface area (Å²) in [4.78, 5) is 22.5. The molecule has 2 atom stereocenters. The summed E-state index contributed by atoms with van der Waals surface area (Å²) in [7, 11) is 1.75. The highest BCUT2D eigenvalue weighted by Crippen LogP contribution is 2.44. The highest BCUT2D eigenvalue weighted by Gasteiger charge is 2.26. The average Bonchev–Trinajstić information content (AvgIpc) is 2.97. The van der Waals surface area contributed by atoms with Crippen molar-refractivity contribution in [1.29, 1.82) is 0 Å². The fourth-order valence-corrected chi connectivity index (χ4v) is 6.07. The van der Waals surface area contributed by atoms with Gasteiger partial charge >= 0.3 is 7.82 Å². The van der Waals surface area contributed by atoms with Crippen molar-refractivity contribution in [2.75, 3.05) is 47.5 Å². The van der Waals surface area contributed by atoms with Crippen molar-refractivity contribution in [2.24, 2.45) is 5.92 Å². The maximum Gasteiger partial charge on any atom is 0.472 e. The Morgan fingerprint density at radius 2 is 1.30 bits per heavy atom. The number of rotatable bonds is 30. The molecule has 0 heterocycles. The molecule has 0 aliphatic carbocycles. The van der Waals surface area contributed by atoms with Gasteiger partial charge in [0, 0.05) is 12.8 Å². The molecule has 0 saturated carbocycles. The SMILES string of the molecule is CCCCCCCCCCCCCCCCCCOc1ccccc1CC(COP(=O)(O)OCC[N+](C)(C)C)CC(=O)CC. The van der Waals surface area contributed by atoms with E-state index in [1.54, 1.807) is 0 Å². The maximum absolute atomic E-state index is 12.5. The molecule has 0 spiro atoms. The molecule has 0 amide bonds. The molecule has 0 radical (unpaired) electrons. The van der Waals surface area contributed by atoms with Crippen LogP contribution in [0.15, 0.2) is 24.3 Å². The average molecular weight is 641 g/mol. The van der Waals surface area contributed by atoms with Crippen LogP contribution in [0.4, 0.5) is 0 Å². The number of para-hydroxylation sites is 1. The van der Waals surface area contributed by atoms with E-state index < -0.39 is 7.82 Å². The largest absolute Gasteiger partial charge is 0.493 e. The molecule has 256 valence electrons. The molecule has 7 nitrogen and oxygen atoms in total. The third-order valence-corrected chi connectivity index (χ3v) is 9.12. The third kappa shape index (κ3) is 23.1. The van der Waals surface area contributed by atoms with Crippen molar-refractivity contribution in [3.8, 4) is 5.75 Å². The first kappa shape index (κ1) is 40.8. The highest BCUT2D eigenvalue weighted by atomic mass is 31.2. The van der Waals surface area contributed by atoms with Gasteiger partial charge in [-0.1, -0.05) is 128 Å². The van der Waals surface area contributed by atoms with E-state index >= 15 is 0 Å². The minimum absolute atomic E-state index is 0.0304. The van der Waals surface area contributed by atoms with Gasteiger partial charge in [-0.05, 0) is 30.4 Å². The van der Waals surface area contributed by atoms with Gasteiger partial charge in [-0.25, -0.2) is 4.57 Å². The first-order valence-electron chi connectivity index (χ1n) is 17.7. The predicted molar refractivity (Wildman–Crippen MR) is 183 cm³/mol. The summed E-state index contributed by atoms with van der Waals surface area (Å²) in [5, 5.41) is 0. The van der Waals surface area contributed by atoms with Crippen molar-refractivity contribution in [1.82, 2.24) is 0 Å². The number of hydrogen-bond acceptors (Lipinski definition) is 5. The highest BCUT2D eigenvalue weighted by molar-refractivity contribution is 7.47.